The molecule has 6 nitrogen and oxygen atoms in total. The van der Waals surface area contributed by atoms with Crippen molar-refractivity contribution >= 4 is 17.5 Å². The Labute approximate surface area is 169 Å². The molecule has 6 heteroatoms. The van der Waals surface area contributed by atoms with Crippen molar-refractivity contribution in [3.63, 3.8) is 0 Å². The molecule has 0 aliphatic carbocycles. The maximum atomic E-state index is 12.3. The van der Waals surface area contributed by atoms with E-state index in [-0.39, 0.29) is 11.8 Å². The Kier molecular flexibility index (Phi) is 5.33. The van der Waals surface area contributed by atoms with Gasteiger partial charge in [0.25, 0.3) is 5.91 Å². The summed E-state index contributed by atoms with van der Waals surface area (Å²) in [6.07, 6.45) is 6.38. The monoisotopic (exact) mass is 386 g/mol. The van der Waals surface area contributed by atoms with Gasteiger partial charge in [0, 0.05) is 49.4 Å². The number of benzene rings is 1. The van der Waals surface area contributed by atoms with Crippen LogP contribution < -0.4 is 10.2 Å². The van der Waals surface area contributed by atoms with Crippen molar-refractivity contribution < 1.29 is 9.59 Å². The predicted octanol–water partition coefficient (Wildman–Crippen LogP) is 3.37. The third-order valence-corrected chi connectivity index (χ3v) is 5.08. The number of anilines is 1. The first-order chi connectivity index (χ1) is 14.2. The molecule has 0 bridgehead atoms. The summed E-state index contributed by atoms with van der Waals surface area (Å²) in [4.78, 5) is 34.7. The van der Waals surface area contributed by atoms with Crippen LogP contribution in [0, 0.1) is 0 Å². The van der Waals surface area contributed by atoms with Gasteiger partial charge in [0.2, 0.25) is 5.91 Å². The van der Waals surface area contributed by atoms with Crippen LogP contribution in [0.15, 0.2) is 61.1 Å². The Hall–Kier alpha value is -3.54. The number of fused-ring (bicyclic) bond motifs is 1. The first-order valence-corrected chi connectivity index (χ1v) is 9.72. The van der Waals surface area contributed by atoms with Gasteiger partial charge in [-0.25, -0.2) is 0 Å². The van der Waals surface area contributed by atoms with E-state index in [4.69, 9.17) is 0 Å². The van der Waals surface area contributed by atoms with Crippen LogP contribution in [0.2, 0.25) is 0 Å². The second-order valence-corrected chi connectivity index (χ2v) is 6.97. The van der Waals surface area contributed by atoms with Gasteiger partial charge in [0.1, 0.15) is 0 Å². The van der Waals surface area contributed by atoms with E-state index in [1.54, 1.807) is 24.7 Å². The van der Waals surface area contributed by atoms with Crippen LogP contribution in [0.1, 0.15) is 34.8 Å². The lowest BCUT2D eigenvalue weighted by Crippen LogP contribution is -2.27. The molecule has 3 heterocycles. The largest absolute Gasteiger partial charge is 0.348 e. The van der Waals surface area contributed by atoms with E-state index in [2.05, 4.69) is 21.4 Å². The Bertz CT molecular complexity index is 1030. The molecule has 3 aromatic rings. The molecule has 1 N–H and O–H groups in total. The zero-order valence-corrected chi connectivity index (χ0v) is 16.3. The van der Waals surface area contributed by atoms with E-state index >= 15 is 0 Å². The molecule has 1 aliphatic heterocycles. The summed E-state index contributed by atoms with van der Waals surface area (Å²) in [5, 5.41) is 2.87. The third-order valence-electron chi connectivity index (χ3n) is 5.08. The Morgan fingerprint density at radius 1 is 1.14 bits per heavy atom. The molecule has 0 fully saturated rings. The molecule has 0 radical (unpaired) electrons. The molecule has 4 rings (SSSR count). The maximum Gasteiger partial charge on any atom is 0.253 e. The van der Waals surface area contributed by atoms with Crippen LogP contribution in [-0.4, -0.2) is 28.3 Å². The van der Waals surface area contributed by atoms with Crippen LogP contribution in [0.25, 0.3) is 11.3 Å². The number of carbonyl (C=O) groups excluding carboxylic acids is 2. The fourth-order valence-corrected chi connectivity index (χ4v) is 3.50. The highest BCUT2D eigenvalue weighted by Gasteiger charge is 2.23. The molecule has 29 heavy (non-hydrogen) atoms. The molecule has 0 spiro atoms. The third kappa shape index (κ3) is 4.01. The molecule has 1 aliphatic rings. The SMILES string of the molecule is CCC(=O)N1CCc2cc(-c3ccc(C(=O)NCc4cccnc4)cn3)ccc21. The molecular formula is C23H22N4O2. The summed E-state index contributed by atoms with van der Waals surface area (Å²) >= 11 is 0. The van der Waals surface area contributed by atoms with Crippen LogP contribution in [0.4, 0.5) is 5.69 Å². The van der Waals surface area contributed by atoms with Crippen molar-refractivity contribution in [2.45, 2.75) is 26.3 Å². The van der Waals surface area contributed by atoms with Gasteiger partial charge in [-0.1, -0.05) is 19.1 Å². The summed E-state index contributed by atoms with van der Waals surface area (Å²) in [6, 6.07) is 13.4. The highest BCUT2D eigenvalue weighted by molar-refractivity contribution is 5.96. The van der Waals surface area contributed by atoms with Crippen LogP contribution >= 0.6 is 0 Å². The minimum atomic E-state index is -0.171. The smallest absolute Gasteiger partial charge is 0.253 e. The number of rotatable bonds is 5. The lowest BCUT2D eigenvalue weighted by atomic mass is 10.0. The minimum Gasteiger partial charge on any atom is -0.348 e. The molecular weight excluding hydrogens is 364 g/mol. The van der Waals surface area contributed by atoms with Gasteiger partial charge < -0.3 is 10.2 Å². The number of hydrogen-bond donors (Lipinski definition) is 1. The average molecular weight is 386 g/mol. The second kappa shape index (κ2) is 8.22. The summed E-state index contributed by atoms with van der Waals surface area (Å²) in [5.74, 6) is -0.0214. The summed E-state index contributed by atoms with van der Waals surface area (Å²) in [7, 11) is 0. The Morgan fingerprint density at radius 3 is 2.76 bits per heavy atom. The lowest BCUT2D eigenvalue weighted by molar-refractivity contribution is -0.118. The summed E-state index contributed by atoms with van der Waals surface area (Å²) in [5.41, 5.74) is 5.39. The first kappa shape index (κ1) is 18.8. The van der Waals surface area contributed by atoms with Crippen molar-refractivity contribution in [2.24, 2.45) is 0 Å². The molecule has 2 aromatic heterocycles. The zero-order valence-electron chi connectivity index (χ0n) is 16.3. The lowest BCUT2D eigenvalue weighted by Gasteiger charge is -2.16. The first-order valence-electron chi connectivity index (χ1n) is 9.72. The number of nitrogens with one attached hydrogen (secondary N) is 1. The van der Waals surface area contributed by atoms with Gasteiger partial charge in [-0.05, 0) is 47.9 Å². The fourth-order valence-electron chi connectivity index (χ4n) is 3.50. The van der Waals surface area contributed by atoms with Gasteiger partial charge in [-0.15, -0.1) is 0 Å². The second-order valence-electron chi connectivity index (χ2n) is 6.97. The number of pyridine rings is 2. The number of hydrogen-bond acceptors (Lipinski definition) is 4. The normalized spacial score (nSPS) is 12.5. The molecule has 0 unspecified atom stereocenters. The van der Waals surface area contributed by atoms with Crippen LogP contribution in [0.3, 0.4) is 0 Å². The molecule has 0 saturated carbocycles. The standard InChI is InChI=1S/C23H22N4O2/c1-2-22(28)27-11-9-18-12-17(6-8-21(18)27)20-7-5-19(15-25-20)23(29)26-14-16-4-3-10-24-13-16/h3-8,10,12-13,15H,2,9,11,14H2,1H3,(H,26,29). The van der Waals surface area contributed by atoms with Crippen LogP contribution in [-0.2, 0) is 17.8 Å². The molecule has 2 amide bonds. The summed E-state index contributed by atoms with van der Waals surface area (Å²) < 4.78 is 0. The highest BCUT2D eigenvalue weighted by Crippen LogP contribution is 2.32. The molecule has 146 valence electrons. The van der Waals surface area contributed by atoms with Crippen molar-refractivity contribution in [2.75, 3.05) is 11.4 Å². The van der Waals surface area contributed by atoms with Crippen molar-refractivity contribution in [1.29, 1.82) is 0 Å². The van der Waals surface area contributed by atoms with Gasteiger partial charge in [-0.3, -0.25) is 19.6 Å². The number of aromatic nitrogens is 2. The van der Waals surface area contributed by atoms with E-state index < -0.39 is 0 Å². The quantitative estimate of drug-likeness (QED) is 0.729. The number of carbonyl (C=O) groups is 2. The van der Waals surface area contributed by atoms with Crippen molar-refractivity contribution in [3.05, 3.63) is 77.7 Å². The van der Waals surface area contributed by atoms with E-state index in [1.807, 2.05) is 42.2 Å². The van der Waals surface area contributed by atoms with E-state index in [1.165, 1.54) is 0 Å². The highest BCUT2D eigenvalue weighted by atomic mass is 16.2. The molecule has 0 atom stereocenters. The predicted molar refractivity (Wildman–Crippen MR) is 111 cm³/mol. The van der Waals surface area contributed by atoms with Crippen molar-refractivity contribution in [1.82, 2.24) is 15.3 Å². The number of nitrogens with zero attached hydrogens (tertiary/aromatic N) is 3. The molecule has 0 saturated heterocycles. The maximum absolute atomic E-state index is 12.3. The summed E-state index contributed by atoms with van der Waals surface area (Å²) in [6.45, 7) is 3.04. The van der Waals surface area contributed by atoms with E-state index in [0.717, 1.165) is 41.0 Å². The number of amides is 2. The average Bonchev–Trinajstić information content (AvgIpc) is 3.21. The van der Waals surface area contributed by atoms with Gasteiger partial charge in [-0.2, -0.15) is 0 Å². The van der Waals surface area contributed by atoms with E-state index in [9.17, 15) is 9.59 Å². The molecule has 1 aromatic carbocycles. The zero-order chi connectivity index (χ0) is 20.2. The topological polar surface area (TPSA) is 75.2 Å². The van der Waals surface area contributed by atoms with Gasteiger partial charge >= 0.3 is 0 Å². The Balaban J connectivity index is 1.45. The fraction of sp³-hybridized carbons (Fsp3) is 0.217. The van der Waals surface area contributed by atoms with Crippen molar-refractivity contribution in [3.8, 4) is 11.3 Å². The Morgan fingerprint density at radius 2 is 2.03 bits per heavy atom. The van der Waals surface area contributed by atoms with Gasteiger partial charge in [0.05, 0.1) is 11.3 Å². The van der Waals surface area contributed by atoms with E-state index in [0.29, 0.717) is 18.5 Å². The minimum absolute atomic E-state index is 0.149. The van der Waals surface area contributed by atoms with Crippen LogP contribution in [0.5, 0.6) is 0 Å². The van der Waals surface area contributed by atoms with Gasteiger partial charge in [0.15, 0.2) is 0 Å².